The van der Waals surface area contributed by atoms with Gasteiger partial charge in [-0.1, -0.05) is 13.0 Å². The summed E-state index contributed by atoms with van der Waals surface area (Å²) in [7, 11) is 3.24. The van der Waals surface area contributed by atoms with Crippen molar-refractivity contribution in [3.05, 3.63) is 35.4 Å². The van der Waals surface area contributed by atoms with Crippen LogP contribution in [0.5, 0.6) is 0 Å². The maximum atomic E-state index is 12.3. The standard InChI is InChI=1S/C16H22N2O4/c1-5-17(3)14(19)12-7-6-8-13(9-12)15(20)18(4)10-11(2)16(21)22/h6-9,11H,5,10H2,1-4H3,(H,21,22). The van der Waals surface area contributed by atoms with E-state index in [9.17, 15) is 14.4 Å². The summed E-state index contributed by atoms with van der Waals surface area (Å²) in [5.41, 5.74) is 0.810. The number of hydrogen-bond donors (Lipinski definition) is 1. The lowest BCUT2D eigenvalue weighted by molar-refractivity contribution is -0.141. The van der Waals surface area contributed by atoms with Gasteiger partial charge < -0.3 is 14.9 Å². The van der Waals surface area contributed by atoms with E-state index < -0.39 is 11.9 Å². The number of rotatable bonds is 6. The van der Waals surface area contributed by atoms with Crippen LogP contribution in [-0.2, 0) is 4.79 Å². The van der Waals surface area contributed by atoms with Gasteiger partial charge in [0.25, 0.3) is 11.8 Å². The van der Waals surface area contributed by atoms with Crippen molar-refractivity contribution in [3.8, 4) is 0 Å². The Balaban J connectivity index is 2.91. The maximum Gasteiger partial charge on any atom is 0.308 e. The molecule has 0 spiro atoms. The lowest BCUT2D eigenvalue weighted by Crippen LogP contribution is -2.34. The number of carbonyl (C=O) groups is 3. The first-order valence-corrected chi connectivity index (χ1v) is 7.11. The molecule has 2 amide bonds. The molecule has 1 aromatic rings. The number of amides is 2. The third-order valence-electron chi connectivity index (χ3n) is 3.49. The number of carboxylic acids is 1. The highest BCUT2D eigenvalue weighted by Gasteiger charge is 2.19. The van der Waals surface area contributed by atoms with Crippen LogP contribution in [0.1, 0.15) is 34.6 Å². The first-order chi connectivity index (χ1) is 10.3. The molecule has 0 heterocycles. The van der Waals surface area contributed by atoms with Crippen molar-refractivity contribution < 1.29 is 19.5 Å². The minimum Gasteiger partial charge on any atom is -0.481 e. The minimum absolute atomic E-state index is 0.112. The molecule has 0 aliphatic carbocycles. The SMILES string of the molecule is CCN(C)C(=O)c1cccc(C(=O)N(C)CC(C)C(=O)O)c1. The monoisotopic (exact) mass is 306 g/mol. The molecule has 1 atom stereocenters. The van der Waals surface area contributed by atoms with E-state index in [1.54, 1.807) is 50.2 Å². The fourth-order valence-electron chi connectivity index (χ4n) is 1.94. The zero-order valence-corrected chi connectivity index (χ0v) is 13.4. The Morgan fingerprint density at radius 1 is 1.09 bits per heavy atom. The summed E-state index contributed by atoms with van der Waals surface area (Å²) in [4.78, 5) is 38.2. The Labute approximate surface area is 130 Å². The zero-order valence-electron chi connectivity index (χ0n) is 13.4. The highest BCUT2D eigenvalue weighted by molar-refractivity contribution is 5.99. The fourth-order valence-corrected chi connectivity index (χ4v) is 1.94. The molecule has 0 aliphatic rings. The van der Waals surface area contributed by atoms with Crippen LogP contribution in [0, 0.1) is 5.92 Å². The molecular formula is C16H22N2O4. The Kier molecular flexibility index (Phi) is 6.10. The molecule has 0 bridgehead atoms. The first-order valence-electron chi connectivity index (χ1n) is 7.11. The Hall–Kier alpha value is -2.37. The van der Waals surface area contributed by atoms with E-state index in [2.05, 4.69) is 0 Å². The normalized spacial score (nSPS) is 11.6. The average Bonchev–Trinajstić information content (AvgIpc) is 2.52. The van der Waals surface area contributed by atoms with Crippen LogP contribution >= 0.6 is 0 Å². The van der Waals surface area contributed by atoms with Crippen molar-refractivity contribution in [3.63, 3.8) is 0 Å². The molecule has 0 saturated carbocycles. The third kappa shape index (κ3) is 4.31. The summed E-state index contributed by atoms with van der Waals surface area (Å²) in [6.07, 6.45) is 0. The fraction of sp³-hybridized carbons (Fsp3) is 0.438. The van der Waals surface area contributed by atoms with Crippen molar-refractivity contribution in [1.82, 2.24) is 9.80 Å². The topological polar surface area (TPSA) is 77.9 Å². The van der Waals surface area contributed by atoms with Gasteiger partial charge in [-0.3, -0.25) is 14.4 Å². The molecule has 1 aromatic carbocycles. The summed E-state index contributed by atoms with van der Waals surface area (Å²) >= 11 is 0. The largest absolute Gasteiger partial charge is 0.481 e. The van der Waals surface area contributed by atoms with Crippen molar-refractivity contribution in [2.75, 3.05) is 27.2 Å². The van der Waals surface area contributed by atoms with Crippen LogP contribution in [0.4, 0.5) is 0 Å². The molecule has 1 N–H and O–H groups in total. The Bertz CT molecular complexity index is 571. The number of carbonyl (C=O) groups excluding carboxylic acids is 2. The van der Waals surface area contributed by atoms with Gasteiger partial charge in [0, 0.05) is 38.3 Å². The second-order valence-electron chi connectivity index (χ2n) is 5.33. The molecular weight excluding hydrogens is 284 g/mol. The quantitative estimate of drug-likeness (QED) is 0.865. The highest BCUT2D eigenvalue weighted by atomic mass is 16.4. The van der Waals surface area contributed by atoms with Gasteiger partial charge >= 0.3 is 5.97 Å². The van der Waals surface area contributed by atoms with Crippen LogP contribution in [0.25, 0.3) is 0 Å². The van der Waals surface area contributed by atoms with Crippen LogP contribution < -0.4 is 0 Å². The molecule has 6 heteroatoms. The van der Waals surface area contributed by atoms with Gasteiger partial charge in [-0.2, -0.15) is 0 Å². The smallest absolute Gasteiger partial charge is 0.308 e. The molecule has 0 aliphatic heterocycles. The molecule has 0 saturated heterocycles. The lowest BCUT2D eigenvalue weighted by atomic mass is 10.1. The van der Waals surface area contributed by atoms with Gasteiger partial charge in [0.05, 0.1) is 5.92 Å². The Morgan fingerprint density at radius 2 is 1.59 bits per heavy atom. The van der Waals surface area contributed by atoms with Crippen molar-refractivity contribution in [2.24, 2.45) is 5.92 Å². The second-order valence-corrected chi connectivity index (χ2v) is 5.33. The van der Waals surface area contributed by atoms with E-state index >= 15 is 0 Å². The van der Waals surface area contributed by atoms with Gasteiger partial charge in [-0.15, -0.1) is 0 Å². The zero-order chi connectivity index (χ0) is 16.9. The van der Waals surface area contributed by atoms with E-state index in [4.69, 9.17) is 5.11 Å². The summed E-state index contributed by atoms with van der Waals surface area (Å²) < 4.78 is 0. The number of carboxylic acid groups (broad SMARTS) is 1. The first kappa shape index (κ1) is 17.7. The van der Waals surface area contributed by atoms with E-state index in [0.29, 0.717) is 17.7 Å². The van der Waals surface area contributed by atoms with Crippen LogP contribution in [0.3, 0.4) is 0 Å². The van der Waals surface area contributed by atoms with E-state index in [1.807, 2.05) is 6.92 Å². The average molecular weight is 306 g/mol. The predicted molar refractivity (Wildman–Crippen MR) is 82.8 cm³/mol. The van der Waals surface area contributed by atoms with E-state index in [-0.39, 0.29) is 18.4 Å². The van der Waals surface area contributed by atoms with Crippen molar-refractivity contribution in [1.29, 1.82) is 0 Å². The lowest BCUT2D eigenvalue weighted by Gasteiger charge is -2.20. The van der Waals surface area contributed by atoms with Gasteiger partial charge in [0.2, 0.25) is 0 Å². The molecule has 6 nitrogen and oxygen atoms in total. The number of benzene rings is 1. The van der Waals surface area contributed by atoms with Crippen LogP contribution in [0.2, 0.25) is 0 Å². The van der Waals surface area contributed by atoms with Crippen LogP contribution in [-0.4, -0.2) is 59.9 Å². The van der Waals surface area contributed by atoms with Crippen LogP contribution in [0.15, 0.2) is 24.3 Å². The summed E-state index contributed by atoms with van der Waals surface area (Å²) in [5, 5.41) is 8.90. The predicted octanol–water partition coefficient (Wildman–Crippen LogP) is 1.57. The van der Waals surface area contributed by atoms with E-state index in [0.717, 1.165) is 0 Å². The Morgan fingerprint density at radius 3 is 2.05 bits per heavy atom. The molecule has 1 unspecified atom stereocenters. The minimum atomic E-state index is -0.951. The summed E-state index contributed by atoms with van der Waals surface area (Å²) in [6, 6.07) is 6.47. The van der Waals surface area contributed by atoms with Gasteiger partial charge in [0.1, 0.15) is 0 Å². The van der Waals surface area contributed by atoms with Gasteiger partial charge in [-0.25, -0.2) is 0 Å². The molecule has 0 radical (unpaired) electrons. The maximum absolute atomic E-state index is 12.3. The highest BCUT2D eigenvalue weighted by Crippen LogP contribution is 2.11. The number of nitrogens with zero attached hydrogens (tertiary/aromatic N) is 2. The number of hydrogen-bond acceptors (Lipinski definition) is 3. The summed E-state index contributed by atoms with van der Waals surface area (Å²) in [5.74, 6) is -2.06. The van der Waals surface area contributed by atoms with E-state index in [1.165, 1.54) is 4.90 Å². The third-order valence-corrected chi connectivity index (χ3v) is 3.49. The van der Waals surface area contributed by atoms with Gasteiger partial charge in [0.15, 0.2) is 0 Å². The second kappa shape index (κ2) is 7.59. The number of aliphatic carboxylic acids is 1. The molecule has 22 heavy (non-hydrogen) atoms. The van der Waals surface area contributed by atoms with Crippen molar-refractivity contribution >= 4 is 17.8 Å². The van der Waals surface area contributed by atoms with Crippen molar-refractivity contribution in [2.45, 2.75) is 13.8 Å². The molecule has 0 aromatic heterocycles. The molecule has 0 fully saturated rings. The summed E-state index contributed by atoms with van der Waals surface area (Å²) in [6.45, 7) is 4.10. The molecule has 1 rings (SSSR count). The van der Waals surface area contributed by atoms with Gasteiger partial charge in [-0.05, 0) is 25.1 Å². The molecule has 120 valence electrons.